The van der Waals surface area contributed by atoms with Crippen LogP contribution in [0.4, 0.5) is 0 Å². The second-order valence-electron chi connectivity index (χ2n) is 6.41. The van der Waals surface area contributed by atoms with E-state index in [1.807, 2.05) is 13.8 Å². The van der Waals surface area contributed by atoms with Gasteiger partial charge in [0.05, 0.1) is 6.54 Å². The SMILES string of the molecule is CC(C)C(N)C(=O)O.CC(C)CC(N)C(=O)O.CC(N)C(=O)O.NCC(=O)O. The van der Waals surface area contributed by atoms with Crippen molar-refractivity contribution in [3.8, 4) is 0 Å². The van der Waals surface area contributed by atoms with E-state index in [2.05, 4.69) is 5.73 Å². The monoisotopic (exact) mass is 412 g/mol. The van der Waals surface area contributed by atoms with E-state index >= 15 is 0 Å². The first-order valence-electron chi connectivity index (χ1n) is 8.38. The number of nitrogens with two attached hydrogens (primary N) is 4. The minimum absolute atomic E-state index is 0.0208. The molecule has 0 saturated heterocycles. The Labute approximate surface area is 164 Å². The molecule has 0 aromatic rings. The average Bonchev–Trinajstić information content (AvgIpc) is 2.54. The highest BCUT2D eigenvalue weighted by Gasteiger charge is 2.14. The first-order chi connectivity index (χ1) is 12.5. The average molecular weight is 412 g/mol. The number of hydrogen-bond donors (Lipinski definition) is 8. The van der Waals surface area contributed by atoms with E-state index in [-0.39, 0.29) is 12.5 Å². The summed E-state index contributed by atoms with van der Waals surface area (Å²) >= 11 is 0. The van der Waals surface area contributed by atoms with Crippen LogP contribution in [0.15, 0.2) is 0 Å². The van der Waals surface area contributed by atoms with Crippen molar-refractivity contribution in [3.05, 3.63) is 0 Å². The van der Waals surface area contributed by atoms with Crippen LogP contribution in [0.1, 0.15) is 41.0 Å². The van der Waals surface area contributed by atoms with Gasteiger partial charge in [-0.15, -0.1) is 0 Å². The number of carboxylic acid groups (broad SMARTS) is 4. The van der Waals surface area contributed by atoms with Gasteiger partial charge in [0, 0.05) is 0 Å². The van der Waals surface area contributed by atoms with Crippen molar-refractivity contribution < 1.29 is 39.6 Å². The normalized spacial score (nSPS) is 12.7. The van der Waals surface area contributed by atoms with Crippen molar-refractivity contribution in [2.75, 3.05) is 6.54 Å². The van der Waals surface area contributed by atoms with Crippen LogP contribution in [0.2, 0.25) is 0 Å². The topological polar surface area (TPSA) is 253 Å². The van der Waals surface area contributed by atoms with Crippen molar-refractivity contribution in [1.82, 2.24) is 0 Å². The van der Waals surface area contributed by atoms with Gasteiger partial charge < -0.3 is 43.4 Å². The smallest absolute Gasteiger partial charge is 0.320 e. The van der Waals surface area contributed by atoms with E-state index < -0.39 is 42.0 Å². The molecule has 12 nitrogen and oxygen atoms in total. The molecule has 0 aliphatic heterocycles. The Kier molecular flexibility index (Phi) is 23.2. The molecule has 0 saturated carbocycles. The lowest BCUT2D eigenvalue weighted by molar-refractivity contribution is -0.140. The van der Waals surface area contributed by atoms with Gasteiger partial charge in [0.2, 0.25) is 0 Å². The van der Waals surface area contributed by atoms with Crippen LogP contribution in [0.25, 0.3) is 0 Å². The third kappa shape index (κ3) is 31.5. The summed E-state index contributed by atoms with van der Waals surface area (Å²) in [5.74, 6) is -3.40. The minimum atomic E-state index is -0.968. The van der Waals surface area contributed by atoms with Crippen LogP contribution in [0.5, 0.6) is 0 Å². The summed E-state index contributed by atoms with van der Waals surface area (Å²) in [4.78, 5) is 38.9. The lowest BCUT2D eigenvalue weighted by Gasteiger charge is -2.07. The summed E-state index contributed by atoms with van der Waals surface area (Å²) in [7, 11) is 0. The van der Waals surface area contributed by atoms with Gasteiger partial charge in [-0.3, -0.25) is 19.2 Å². The van der Waals surface area contributed by atoms with Gasteiger partial charge in [-0.2, -0.15) is 0 Å². The number of carboxylic acids is 4. The Bertz CT molecular complexity index is 456. The lowest BCUT2D eigenvalue weighted by Crippen LogP contribution is -2.34. The Morgan fingerprint density at radius 3 is 1.11 bits per heavy atom. The molecule has 3 atom stereocenters. The van der Waals surface area contributed by atoms with Crippen LogP contribution in [0, 0.1) is 11.8 Å². The molecule has 0 bridgehead atoms. The summed E-state index contributed by atoms with van der Waals surface area (Å²) < 4.78 is 0. The molecule has 0 aliphatic carbocycles. The van der Waals surface area contributed by atoms with Crippen LogP contribution in [-0.4, -0.2) is 69.0 Å². The van der Waals surface area contributed by atoms with Crippen molar-refractivity contribution in [2.24, 2.45) is 34.8 Å². The number of carbonyl (C=O) groups is 4. The lowest BCUT2D eigenvalue weighted by atomic mass is 10.1. The van der Waals surface area contributed by atoms with Gasteiger partial charge in [0.25, 0.3) is 0 Å². The zero-order chi connectivity index (χ0) is 23.6. The molecule has 0 aromatic heterocycles. The first-order valence-corrected chi connectivity index (χ1v) is 8.38. The van der Waals surface area contributed by atoms with E-state index in [0.717, 1.165) is 0 Å². The second kappa shape index (κ2) is 19.5. The van der Waals surface area contributed by atoms with Crippen LogP contribution in [0.3, 0.4) is 0 Å². The fourth-order valence-electron chi connectivity index (χ4n) is 0.894. The third-order valence-electron chi connectivity index (χ3n) is 2.61. The molecule has 0 fully saturated rings. The van der Waals surface area contributed by atoms with E-state index in [1.165, 1.54) is 6.92 Å². The van der Waals surface area contributed by atoms with Crippen LogP contribution < -0.4 is 22.9 Å². The largest absolute Gasteiger partial charge is 0.480 e. The first kappa shape index (κ1) is 33.3. The van der Waals surface area contributed by atoms with E-state index in [9.17, 15) is 19.2 Å². The molecule has 0 spiro atoms. The van der Waals surface area contributed by atoms with Crippen LogP contribution in [-0.2, 0) is 19.2 Å². The van der Waals surface area contributed by atoms with Gasteiger partial charge in [-0.1, -0.05) is 27.7 Å². The Morgan fingerprint density at radius 1 is 0.750 bits per heavy atom. The summed E-state index contributed by atoms with van der Waals surface area (Å²) in [6, 6.07) is -2.13. The predicted octanol–water partition coefficient (Wildman–Crippen LogP) is -1.05. The van der Waals surface area contributed by atoms with Crippen molar-refractivity contribution in [3.63, 3.8) is 0 Å². The molecule has 3 unspecified atom stereocenters. The maximum Gasteiger partial charge on any atom is 0.320 e. The fourth-order valence-corrected chi connectivity index (χ4v) is 0.894. The Hall–Kier alpha value is -2.28. The fraction of sp³-hybridized carbons (Fsp3) is 0.750. The number of rotatable bonds is 7. The zero-order valence-electron chi connectivity index (χ0n) is 17.0. The Morgan fingerprint density at radius 2 is 1.07 bits per heavy atom. The molecule has 12 heteroatoms. The molecule has 12 N–H and O–H groups in total. The van der Waals surface area contributed by atoms with Crippen molar-refractivity contribution in [1.29, 1.82) is 0 Å². The highest BCUT2D eigenvalue weighted by molar-refractivity contribution is 5.73. The summed E-state index contributed by atoms with van der Waals surface area (Å²) in [5, 5.41) is 32.0. The summed E-state index contributed by atoms with van der Waals surface area (Å²) in [6.45, 7) is 8.59. The maximum absolute atomic E-state index is 10.1. The zero-order valence-corrected chi connectivity index (χ0v) is 17.0. The summed E-state index contributed by atoms with van der Waals surface area (Å²) in [6.07, 6.45) is 0.551. The highest BCUT2D eigenvalue weighted by Crippen LogP contribution is 2.01. The van der Waals surface area contributed by atoms with Gasteiger partial charge >= 0.3 is 23.9 Å². The molecule has 168 valence electrons. The van der Waals surface area contributed by atoms with Crippen molar-refractivity contribution >= 4 is 23.9 Å². The van der Waals surface area contributed by atoms with E-state index in [1.54, 1.807) is 13.8 Å². The van der Waals surface area contributed by atoms with Gasteiger partial charge in [0.15, 0.2) is 0 Å². The molecular formula is C16H36N4O8. The molecular weight excluding hydrogens is 376 g/mol. The van der Waals surface area contributed by atoms with Gasteiger partial charge in [0.1, 0.15) is 18.1 Å². The molecule has 0 heterocycles. The maximum atomic E-state index is 10.1. The standard InChI is InChI=1S/C6H13NO2.C5H11NO2.C3H7NO2.C2H5NO2/c1-4(2)3-5(7)6(8)9;1-3(2)4(6)5(7)8;1-2(4)3(5)6;3-1-2(4)5/h4-5H,3,7H2,1-2H3,(H,8,9);3-4H,6H2,1-2H3,(H,7,8);2H,4H2,1H3,(H,5,6);1,3H2,(H,4,5). The molecule has 0 rings (SSSR count). The quantitative estimate of drug-likeness (QED) is 0.249. The van der Waals surface area contributed by atoms with Crippen LogP contribution >= 0.6 is 0 Å². The van der Waals surface area contributed by atoms with E-state index in [0.29, 0.717) is 12.3 Å². The molecule has 0 radical (unpaired) electrons. The number of aliphatic carboxylic acids is 4. The molecule has 0 aromatic carbocycles. The third-order valence-corrected chi connectivity index (χ3v) is 2.61. The highest BCUT2D eigenvalue weighted by atomic mass is 16.4. The Balaban J connectivity index is -0.000000141. The number of hydrogen-bond acceptors (Lipinski definition) is 8. The minimum Gasteiger partial charge on any atom is -0.480 e. The van der Waals surface area contributed by atoms with E-state index in [4.69, 9.17) is 37.6 Å². The van der Waals surface area contributed by atoms with Crippen molar-refractivity contribution in [2.45, 2.75) is 59.2 Å². The van der Waals surface area contributed by atoms with Gasteiger partial charge in [-0.25, -0.2) is 0 Å². The predicted molar refractivity (Wildman–Crippen MR) is 103 cm³/mol. The van der Waals surface area contributed by atoms with Gasteiger partial charge in [-0.05, 0) is 25.2 Å². The second-order valence-corrected chi connectivity index (χ2v) is 6.41. The molecule has 0 aliphatic rings. The summed E-state index contributed by atoms with van der Waals surface area (Å²) in [5.41, 5.74) is 19.8. The molecule has 0 amide bonds. The molecule has 28 heavy (non-hydrogen) atoms.